The molecule has 0 bridgehead atoms. The number of ether oxygens (including phenoxy) is 1. The lowest BCUT2D eigenvalue weighted by Crippen LogP contribution is -2.28. The molecule has 102 valence electrons. The smallest absolute Gasteiger partial charge is 0.135 e. The quantitative estimate of drug-likeness (QED) is 0.805. The molecule has 1 N–H and O–H groups in total. The van der Waals surface area contributed by atoms with Crippen molar-refractivity contribution < 1.29 is 4.74 Å². The summed E-state index contributed by atoms with van der Waals surface area (Å²) in [6.45, 7) is 8.76. The van der Waals surface area contributed by atoms with Crippen LogP contribution in [-0.2, 0) is 4.74 Å². The summed E-state index contributed by atoms with van der Waals surface area (Å²) in [5.74, 6) is 3.00. The van der Waals surface area contributed by atoms with Gasteiger partial charge < -0.3 is 15.0 Å². The summed E-state index contributed by atoms with van der Waals surface area (Å²) in [7, 11) is 3.59. The van der Waals surface area contributed by atoms with E-state index in [-0.39, 0.29) is 0 Å². The molecule has 1 heterocycles. The van der Waals surface area contributed by atoms with Crippen molar-refractivity contribution in [1.82, 2.24) is 9.97 Å². The van der Waals surface area contributed by atoms with Crippen molar-refractivity contribution >= 4 is 11.6 Å². The lowest BCUT2D eigenvalue weighted by molar-refractivity contribution is 0.205. The Hall–Kier alpha value is -1.36. The van der Waals surface area contributed by atoms with E-state index in [1.165, 1.54) is 0 Å². The number of hydrogen-bond donors (Lipinski definition) is 1. The van der Waals surface area contributed by atoms with Gasteiger partial charge in [-0.3, -0.25) is 0 Å². The molecule has 1 aromatic rings. The molecule has 18 heavy (non-hydrogen) atoms. The number of hydrogen-bond acceptors (Lipinski definition) is 5. The Kier molecular flexibility index (Phi) is 5.85. The van der Waals surface area contributed by atoms with E-state index in [1.807, 2.05) is 13.1 Å². The third-order valence-corrected chi connectivity index (χ3v) is 2.77. The van der Waals surface area contributed by atoms with Crippen molar-refractivity contribution in [2.45, 2.75) is 26.7 Å². The predicted octanol–water partition coefficient (Wildman–Crippen LogP) is 2.11. The Morgan fingerprint density at radius 3 is 2.61 bits per heavy atom. The third-order valence-electron chi connectivity index (χ3n) is 2.77. The van der Waals surface area contributed by atoms with Gasteiger partial charge in [0.05, 0.1) is 6.61 Å². The van der Waals surface area contributed by atoms with E-state index in [1.54, 1.807) is 7.11 Å². The molecule has 0 fully saturated rings. The Bertz CT molecular complexity index is 368. The maximum Gasteiger partial charge on any atom is 0.135 e. The largest absolute Gasteiger partial charge is 0.383 e. The summed E-state index contributed by atoms with van der Waals surface area (Å²) in [5.41, 5.74) is 0. The van der Waals surface area contributed by atoms with Crippen LogP contribution in [0.25, 0.3) is 0 Å². The summed E-state index contributed by atoms with van der Waals surface area (Å²) in [6, 6.07) is 1.98. The number of anilines is 2. The summed E-state index contributed by atoms with van der Waals surface area (Å²) >= 11 is 0. The molecule has 0 atom stereocenters. The normalized spacial score (nSPS) is 10.8. The average molecular weight is 252 g/mol. The first kappa shape index (κ1) is 14.7. The van der Waals surface area contributed by atoms with Gasteiger partial charge in [-0.25, -0.2) is 9.97 Å². The van der Waals surface area contributed by atoms with Gasteiger partial charge in [-0.1, -0.05) is 13.8 Å². The molecule has 0 saturated carbocycles. The molecular weight excluding hydrogens is 228 g/mol. The maximum absolute atomic E-state index is 5.13. The Labute approximate surface area is 110 Å². The Balaban J connectivity index is 3.00. The van der Waals surface area contributed by atoms with Gasteiger partial charge in [-0.15, -0.1) is 0 Å². The van der Waals surface area contributed by atoms with Crippen molar-refractivity contribution in [2.75, 3.05) is 44.1 Å². The van der Waals surface area contributed by atoms with Crippen LogP contribution < -0.4 is 10.2 Å². The highest BCUT2D eigenvalue weighted by atomic mass is 16.5. The van der Waals surface area contributed by atoms with E-state index >= 15 is 0 Å². The van der Waals surface area contributed by atoms with Gasteiger partial charge in [0, 0.05) is 39.2 Å². The fraction of sp³-hybridized carbons (Fsp3) is 0.692. The molecule has 0 aliphatic carbocycles. The third kappa shape index (κ3) is 3.84. The summed E-state index contributed by atoms with van der Waals surface area (Å²) < 4.78 is 5.13. The zero-order valence-corrected chi connectivity index (χ0v) is 12.0. The number of nitrogens with one attached hydrogen (secondary N) is 1. The van der Waals surface area contributed by atoms with Crippen LogP contribution in [-0.4, -0.2) is 43.8 Å². The molecule has 0 amide bonds. The fourth-order valence-electron chi connectivity index (χ4n) is 1.64. The number of likely N-dealkylation sites (N-methyl/N-ethyl adjacent to an activating group) is 1. The minimum absolute atomic E-state index is 0.318. The number of aromatic nitrogens is 2. The summed E-state index contributed by atoms with van der Waals surface area (Å²) in [5, 5.41) is 3.09. The van der Waals surface area contributed by atoms with Crippen molar-refractivity contribution in [2.24, 2.45) is 0 Å². The molecule has 1 rings (SSSR count). The van der Waals surface area contributed by atoms with E-state index in [9.17, 15) is 0 Å². The number of rotatable bonds is 7. The summed E-state index contributed by atoms with van der Waals surface area (Å²) in [4.78, 5) is 11.3. The van der Waals surface area contributed by atoms with Crippen LogP contribution in [0.2, 0.25) is 0 Å². The molecule has 0 aromatic carbocycles. The fourth-order valence-corrected chi connectivity index (χ4v) is 1.64. The number of nitrogens with zero attached hydrogens (tertiary/aromatic N) is 3. The molecule has 0 saturated heterocycles. The number of methoxy groups -OCH3 is 1. The maximum atomic E-state index is 5.13. The molecule has 0 unspecified atom stereocenters. The average Bonchev–Trinajstić information content (AvgIpc) is 2.39. The van der Waals surface area contributed by atoms with E-state index < -0.39 is 0 Å². The Morgan fingerprint density at radius 2 is 2.11 bits per heavy atom. The van der Waals surface area contributed by atoms with Crippen molar-refractivity contribution in [1.29, 1.82) is 0 Å². The highest BCUT2D eigenvalue weighted by Crippen LogP contribution is 2.19. The van der Waals surface area contributed by atoms with E-state index in [2.05, 4.69) is 41.0 Å². The molecule has 0 radical (unpaired) electrons. The van der Waals surface area contributed by atoms with Gasteiger partial charge in [-0.2, -0.15) is 0 Å². The van der Waals surface area contributed by atoms with Gasteiger partial charge in [0.15, 0.2) is 0 Å². The van der Waals surface area contributed by atoms with Gasteiger partial charge in [0.2, 0.25) is 0 Å². The zero-order chi connectivity index (χ0) is 13.5. The summed E-state index contributed by atoms with van der Waals surface area (Å²) in [6.07, 6.45) is 0. The predicted molar refractivity (Wildman–Crippen MR) is 75.4 cm³/mol. The SMILES string of the molecule is CCN(CCOC)c1cc(NC)nc(C(C)C)n1. The van der Waals surface area contributed by atoms with Gasteiger partial charge >= 0.3 is 0 Å². The van der Waals surface area contributed by atoms with Gasteiger partial charge in [0.25, 0.3) is 0 Å². The second-order valence-electron chi connectivity index (χ2n) is 4.45. The topological polar surface area (TPSA) is 50.3 Å². The minimum atomic E-state index is 0.318. The van der Waals surface area contributed by atoms with Crippen LogP contribution in [0.5, 0.6) is 0 Å². The molecule has 5 nitrogen and oxygen atoms in total. The zero-order valence-electron chi connectivity index (χ0n) is 12.0. The standard InChI is InChI=1S/C13H24N4O/c1-6-17(7-8-18-5)12-9-11(14-4)15-13(16-12)10(2)3/h9-10H,6-8H2,1-5H3,(H,14,15,16). The molecule has 0 aliphatic heterocycles. The minimum Gasteiger partial charge on any atom is -0.383 e. The van der Waals surface area contributed by atoms with Crippen LogP contribution in [0.4, 0.5) is 11.6 Å². The molecule has 5 heteroatoms. The van der Waals surface area contributed by atoms with Crippen LogP contribution in [0.15, 0.2) is 6.07 Å². The first-order valence-electron chi connectivity index (χ1n) is 6.43. The molecular formula is C13H24N4O. The second kappa shape index (κ2) is 7.16. The molecule has 0 spiro atoms. The van der Waals surface area contributed by atoms with Crippen LogP contribution in [0.3, 0.4) is 0 Å². The highest BCUT2D eigenvalue weighted by Gasteiger charge is 2.11. The first-order chi connectivity index (χ1) is 8.62. The van der Waals surface area contributed by atoms with Crippen molar-refractivity contribution in [3.63, 3.8) is 0 Å². The highest BCUT2D eigenvalue weighted by molar-refractivity contribution is 5.49. The van der Waals surface area contributed by atoms with Crippen LogP contribution in [0, 0.1) is 0 Å². The second-order valence-corrected chi connectivity index (χ2v) is 4.45. The van der Waals surface area contributed by atoms with Crippen molar-refractivity contribution in [3.8, 4) is 0 Å². The monoisotopic (exact) mass is 252 g/mol. The molecule has 0 aliphatic rings. The molecule has 1 aromatic heterocycles. The van der Waals surface area contributed by atoms with Crippen LogP contribution >= 0.6 is 0 Å². The lowest BCUT2D eigenvalue weighted by Gasteiger charge is -2.23. The first-order valence-corrected chi connectivity index (χ1v) is 6.43. The van der Waals surface area contributed by atoms with Crippen molar-refractivity contribution in [3.05, 3.63) is 11.9 Å². The van der Waals surface area contributed by atoms with E-state index in [0.717, 1.165) is 30.5 Å². The van der Waals surface area contributed by atoms with E-state index in [4.69, 9.17) is 4.74 Å². The Morgan fingerprint density at radius 1 is 1.39 bits per heavy atom. The van der Waals surface area contributed by atoms with E-state index in [0.29, 0.717) is 12.5 Å². The van der Waals surface area contributed by atoms with Crippen LogP contribution in [0.1, 0.15) is 32.5 Å². The van der Waals surface area contributed by atoms with Gasteiger partial charge in [0.1, 0.15) is 17.5 Å². The lowest BCUT2D eigenvalue weighted by atomic mass is 10.2. The van der Waals surface area contributed by atoms with Gasteiger partial charge in [-0.05, 0) is 6.92 Å².